The molecule has 0 fully saturated rings. The third-order valence-electron chi connectivity index (χ3n) is 6.56. The lowest BCUT2D eigenvalue weighted by molar-refractivity contribution is -0.0249. The van der Waals surface area contributed by atoms with Gasteiger partial charge in [0.25, 0.3) is 0 Å². The number of hydrogen-bond donors (Lipinski definition) is 2. The van der Waals surface area contributed by atoms with Crippen LogP contribution in [0.25, 0.3) is 0 Å². The van der Waals surface area contributed by atoms with Gasteiger partial charge >= 0.3 is 8.32 Å². The van der Waals surface area contributed by atoms with E-state index in [1.165, 1.54) is 10.4 Å². The molecule has 0 radical (unpaired) electrons. The van der Waals surface area contributed by atoms with E-state index in [1.54, 1.807) is 0 Å². The topological polar surface area (TPSA) is 49.7 Å². The molecule has 162 valence electrons. The lowest BCUT2D eigenvalue weighted by Gasteiger charge is -2.44. The van der Waals surface area contributed by atoms with E-state index in [0.717, 1.165) is 16.9 Å². The van der Waals surface area contributed by atoms with E-state index in [0.29, 0.717) is 19.3 Å². The Labute approximate surface area is 186 Å². The molecule has 31 heavy (non-hydrogen) atoms. The molecule has 1 atom stereocenters. The van der Waals surface area contributed by atoms with E-state index in [4.69, 9.17) is 4.43 Å². The van der Waals surface area contributed by atoms with E-state index in [2.05, 4.69) is 87.5 Å². The summed E-state index contributed by atoms with van der Waals surface area (Å²) in [5.74, 6) is 0.909. The van der Waals surface area contributed by atoms with Crippen molar-refractivity contribution in [2.24, 2.45) is 0 Å². The molecule has 0 aromatic heterocycles. The molecular formula is C27H32O3Si. The molecule has 3 nitrogen and oxygen atoms in total. The molecule has 0 heterocycles. The monoisotopic (exact) mass is 432 g/mol. The molecule has 0 unspecified atom stereocenters. The first-order valence-corrected chi connectivity index (χ1v) is 12.9. The SMILES string of the molecule is CC(C)(C)[Si](Oc1cccc2c1CC[C@](O)(CO)C2)(c1ccccc1)c1ccccc1. The lowest BCUT2D eigenvalue weighted by atomic mass is 9.80. The second-order valence-electron chi connectivity index (χ2n) is 9.72. The highest BCUT2D eigenvalue weighted by atomic mass is 28.4. The molecule has 0 saturated carbocycles. The lowest BCUT2D eigenvalue weighted by Crippen LogP contribution is -2.69. The van der Waals surface area contributed by atoms with Gasteiger partial charge in [-0.1, -0.05) is 93.6 Å². The molecule has 2 N–H and O–H groups in total. The normalized spacial score (nSPS) is 19.0. The van der Waals surface area contributed by atoms with Gasteiger partial charge in [0.05, 0.1) is 12.2 Å². The van der Waals surface area contributed by atoms with Crippen molar-refractivity contribution >= 4 is 18.7 Å². The smallest absolute Gasteiger partial charge is 0.319 e. The van der Waals surface area contributed by atoms with E-state index < -0.39 is 13.9 Å². The predicted molar refractivity (Wildman–Crippen MR) is 129 cm³/mol. The van der Waals surface area contributed by atoms with Crippen LogP contribution in [-0.2, 0) is 12.8 Å². The number of aliphatic hydroxyl groups is 2. The van der Waals surface area contributed by atoms with Gasteiger partial charge in [-0.05, 0) is 45.4 Å². The van der Waals surface area contributed by atoms with Crippen LogP contribution in [0.5, 0.6) is 5.75 Å². The standard InChI is InChI=1S/C27H32O3Si/c1-26(2,3)31(22-12-6-4-7-13-22,23-14-8-5-9-15-23)30-25-16-10-11-21-19-27(29,20-28)18-17-24(21)25/h4-16,28-29H,17-20H2,1-3H3/t27-/m1/s1. The molecule has 0 spiro atoms. The van der Waals surface area contributed by atoms with Gasteiger partial charge in [0.15, 0.2) is 0 Å². The van der Waals surface area contributed by atoms with Crippen molar-refractivity contribution in [2.75, 3.05) is 6.61 Å². The second-order valence-corrected chi connectivity index (χ2v) is 13.9. The van der Waals surface area contributed by atoms with Crippen LogP contribution in [0.3, 0.4) is 0 Å². The first-order valence-electron chi connectivity index (χ1n) is 11.0. The number of fused-ring (bicyclic) bond motifs is 1. The van der Waals surface area contributed by atoms with Gasteiger partial charge in [0.2, 0.25) is 0 Å². The van der Waals surface area contributed by atoms with Gasteiger partial charge in [-0.3, -0.25) is 0 Å². The Balaban J connectivity index is 1.89. The number of aliphatic hydroxyl groups excluding tert-OH is 1. The van der Waals surface area contributed by atoms with Crippen molar-refractivity contribution in [3.8, 4) is 5.75 Å². The van der Waals surface area contributed by atoms with Gasteiger partial charge in [0, 0.05) is 6.42 Å². The zero-order chi connectivity index (χ0) is 22.1. The maximum Gasteiger partial charge on any atom is 0.319 e. The van der Waals surface area contributed by atoms with Gasteiger partial charge in [-0.2, -0.15) is 0 Å². The minimum atomic E-state index is -2.71. The highest BCUT2D eigenvalue weighted by molar-refractivity contribution is 7.00. The summed E-state index contributed by atoms with van der Waals surface area (Å²) in [6.07, 6.45) is 1.69. The van der Waals surface area contributed by atoms with Crippen molar-refractivity contribution in [3.63, 3.8) is 0 Å². The molecule has 0 aliphatic heterocycles. The van der Waals surface area contributed by atoms with E-state index in [-0.39, 0.29) is 11.6 Å². The Hall–Kier alpha value is -2.40. The van der Waals surface area contributed by atoms with Gasteiger partial charge < -0.3 is 14.6 Å². The number of rotatable bonds is 5. The maximum absolute atomic E-state index is 10.7. The third kappa shape index (κ3) is 3.96. The zero-order valence-electron chi connectivity index (χ0n) is 18.6. The number of hydrogen-bond acceptors (Lipinski definition) is 3. The molecule has 4 rings (SSSR count). The van der Waals surface area contributed by atoms with Crippen LogP contribution in [0.2, 0.25) is 5.04 Å². The van der Waals surface area contributed by atoms with Gasteiger partial charge in [-0.15, -0.1) is 0 Å². The molecule has 4 heteroatoms. The van der Waals surface area contributed by atoms with Gasteiger partial charge in [-0.25, -0.2) is 0 Å². The minimum absolute atomic E-state index is 0.112. The average Bonchev–Trinajstić information content (AvgIpc) is 2.77. The summed E-state index contributed by atoms with van der Waals surface area (Å²) in [5.41, 5.74) is 1.19. The molecule has 3 aromatic carbocycles. The fourth-order valence-corrected chi connectivity index (χ4v) is 9.36. The van der Waals surface area contributed by atoms with Crippen LogP contribution in [-0.4, -0.2) is 30.7 Å². The molecule has 0 bridgehead atoms. The van der Waals surface area contributed by atoms with Crippen molar-refractivity contribution in [1.29, 1.82) is 0 Å². The summed E-state index contributed by atoms with van der Waals surface area (Å²) in [4.78, 5) is 0. The van der Waals surface area contributed by atoms with Crippen LogP contribution in [0.1, 0.15) is 38.3 Å². The molecular weight excluding hydrogens is 400 g/mol. The van der Waals surface area contributed by atoms with E-state index in [1.807, 2.05) is 12.1 Å². The maximum atomic E-state index is 10.7. The minimum Gasteiger partial charge on any atom is -0.534 e. The van der Waals surface area contributed by atoms with Gasteiger partial charge in [0.1, 0.15) is 5.75 Å². The Kier molecular flexibility index (Phi) is 5.82. The first-order chi connectivity index (χ1) is 14.8. The van der Waals surface area contributed by atoms with Crippen LogP contribution >= 0.6 is 0 Å². The summed E-state index contributed by atoms with van der Waals surface area (Å²) in [6, 6.07) is 27.4. The molecule has 0 amide bonds. The second kappa shape index (κ2) is 8.27. The zero-order valence-corrected chi connectivity index (χ0v) is 19.6. The van der Waals surface area contributed by atoms with Crippen molar-refractivity contribution in [3.05, 3.63) is 90.0 Å². The van der Waals surface area contributed by atoms with Crippen molar-refractivity contribution < 1.29 is 14.6 Å². The molecule has 1 aliphatic rings. The predicted octanol–water partition coefficient (Wildman–Crippen LogP) is 3.84. The largest absolute Gasteiger partial charge is 0.534 e. The molecule has 0 saturated heterocycles. The highest BCUT2D eigenvalue weighted by Crippen LogP contribution is 2.41. The van der Waals surface area contributed by atoms with Crippen molar-refractivity contribution in [1.82, 2.24) is 0 Å². The first kappa shape index (κ1) is 21.8. The Morgan fingerprint density at radius 2 is 1.45 bits per heavy atom. The summed E-state index contributed by atoms with van der Waals surface area (Å²) in [7, 11) is -2.71. The Bertz CT molecular complexity index is 988. The fraction of sp³-hybridized carbons (Fsp3) is 0.333. The summed E-state index contributed by atoms with van der Waals surface area (Å²) < 4.78 is 7.23. The molecule has 3 aromatic rings. The highest BCUT2D eigenvalue weighted by Gasteiger charge is 2.52. The quantitative estimate of drug-likeness (QED) is 0.603. The van der Waals surface area contributed by atoms with Crippen LogP contribution in [0.4, 0.5) is 0 Å². The average molecular weight is 433 g/mol. The summed E-state index contributed by atoms with van der Waals surface area (Å²) >= 11 is 0. The fourth-order valence-electron chi connectivity index (χ4n) is 4.91. The van der Waals surface area contributed by atoms with Crippen LogP contribution < -0.4 is 14.8 Å². The Morgan fingerprint density at radius 1 is 0.871 bits per heavy atom. The van der Waals surface area contributed by atoms with Crippen LogP contribution in [0.15, 0.2) is 78.9 Å². The molecule has 1 aliphatic carbocycles. The third-order valence-corrected chi connectivity index (χ3v) is 11.5. The van der Waals surface area contributed by atoms with Crippen molar-refractivity contribution in [2.45, 2.75) is 50.7 Å². The summed E-state index contributed by atoms with van der Waals surface area (Å²) in [6.45, 7) is 6.61. The Morgan fingerprint density at radius 3 is 1.97 bits per heavy atom. The number of benzene rings is 3. The summed E-state index contributed by atoms with van der Waals surface area (Å²) in [5, 5.41) is 22.7. The van der Waals surface area contributed by atoms with Crippen LogP contribution in [0, 0.1) is 0 Å². The van der Waals surface area contributed by atoms with E-state index in [9.17, 15) is 10.2 Å². The van der Waals surface area contributed by atoms with E-state index >= 15 is 0 Å².